The fourth-order valence-corrected chi connectivity index (χ4v) is 11.7. The molecule has 2 aromatic carbocycles. The van der Waals surface area contributed by atoms with Gasteiger partial charge in [-0.05, 0) is 57.9 Å². The van der Waals surface area contributed by atoms with E-state index in [4.69, 9.17) is 8.84 Å². The zero-order chi connectivity index (χ0) is 29.5. The van der Waals surface area contributed by atoms with Crippen LogP contribution in [0.4, 0.5) is 10.4 Å². The van der Waals surface area contributed by atoms with E-state index in [9.17, 15) is 9.50 Å². The Balaban J connectivity index is 1.77. The third kappa shape index (κ3) is 5.16. The Morgan fingerprint density at radius 1 is 0.976 bits per heavy atom. The van der Waals surface area contributed by atoms with E-state index in [0.717, 1.165) is 33.0 Å². The van der Waals surface area contributed by atoms with Crippen molar-refractivity contribution in [2.24, 2.45) is 0 Å². The van der Waals surface area contributed by atoms with Crippen LogP contribution in [0.15, 0.2) is 47.1 Å². The van der Waals surface area contributed by atoms with Crippen molar-refractivity contribution in [2.45, 2.75) is 71.0 Å². The van der Waals surface area contributed by atoms with Crippen LogP contribution in [0.5, 0.6) is 11.6 Å². The largest absolute Gasteiger partial charge is 0.541 e. The Hall–Kier alpha value is -3.92. The summed E-state index contributed by atoms with van der Waals surface area (Å²) >= 11 is 0. The van der Waals surface area contributed by atoms with Gasteiger partial charge in [-0.25, -0.2) is 9.37 Å². The van der Waals surface area contributed by atoms with Gasteiger partial charge in [-0.3, -0.25) is 0 Å². The molecule has 5 rings (SSSR count). The predicted octanol–water partition coefficient (Wildman–Crippen LogP) is 7.72. The van der Waals surface area contributed by atoms with Crippen LogP contribution in [0.2, 0.25) is 16.6 Å². The van der Waals surface area contributed by atoms with Crippen LogP contribution in [0.1, 0.15) is 64.1 Å². The summed E-state index contributed by atoms with van der Waals surface area (Å²) in [5, 5.41) is 24.5. The van der Waals surface area contributed by atoms with Gasteiger partial charge in [-0.15, -0.1) is 5.10 Å². The summed E-state index contributed by atoms with van der Waals surface area (Å²) < 4.78 is 26.6. The number of rotatable bonds is 10. The third-order valence-corrected chi connectivity index (χ3v) is 14.2. The molecule has 41 heavy (non-hydrogen) atoms. The first kappa shape index (κ1) is 28.6. The van der Waals surface area contributed by atoms with E-state index in [2.05, 4.69) is 73.1 Å². The molecule has 0 saturated carbocycles. The molecule has 0 aliphatic rings. The lowest BCUT2D eigenvalue weighted by atomic mass is 9.96. The lowest BCUT2D eigenvalue weighted by molar-refractivity contribution is 0.456. The minimum Gasteiger partial charge on any atom is -0.541 e. The molecule has 0 amide bonds. The molecule has 3 N–H and O–H groups in total. The number of aromatic hydroxyl groups is 1. The molecule has 5 aromatic rings. The summed E-state index contributed by atoms with van der Waals surface area (Å²) in [6.07, 6.45) is 4.59. The Morgan fingerprint density at radius 2 is 1.66 bits per heavy atom. The van der Waals surface area contributed by atoms with Gasteiger partial charge in [0.05, 0.1) is 17.3 Å². The van der Waals surface area contributed by atoms with Crippen molar-refractivity contribution in [2.75, 3.05) is 12.4 Å². The Kier molecular flexibility index (Phi) is 7.78. The molecule has 3 heterocycles. The number of benzene rings is 2. The van der Waals surface area contributed by atoms with Crippen LogP contribution >= 0.6 is 0 Å². The number of aromatic nitrogens is 4. The molecule has 0 spiro atoms. The average Bonchev–Trinajstić information content (AvgIpc) is 3.55. The number of nitrogens with zero attached hydrogens (tertiary/aromatic N) is 3. The quantitative estimate of drug-likeness (QED) is 0.146. The summed E-state index contributed by atoms with van der Waals surface area (Å²) in [7, 11) is -0.692. The molecule has 0 bridgehead atoms. The normalized spacial score (nSPS) is 12.4. The van der Waals surface area contributed by atoms with Crippen molar-refractivity contribution in [1.29, 1.82) is 0 Å². The van der Waals surface area contributed by atoms with Gasteiger partial charge >= 0.3 is 6.01 Å². The maximum absolute atomic E-state index is 13.6. The summed E-state index contributed by atoms with van der Waals surface area (Å²) in [5.74, 6) is 0.738. The maximum Gasteiger partial charge on any atom is 0.315 e. The molecule has 3 aromatic heterocycles. The standard InChI is InChI=1S/C31H38FN5O3Si/c1-17(2)41(18(3)4,19(5)6)40-29-27-25(16-35-30(27)38)23(14-26-36-37-31(33-7)39-26)24-13-21(15-34-28(24)29)12-20-8-10-22(32)11-9-20/h8-11,13,15-19,34,38H,12,14H2,1-7H3,(H,33,37). The summed E-state index contributed by atoms with van der Waals surface area (Å²) in [4.78, 5) is 7.84. The molecule has 0 atom stereocenters. The van der Waals surface area contributed by atoms with E-state index in [1.165, 1.54) is 12.1 Å². The van der Waals surface area contributed by atoms with Crippen molar-refractivity contribution >= 4 is 36.0 Å². The first-order valence-electron chi connectivity index (χ1n) is 14.1. The number of hydrogen-bond acceptors (Lipinski definition) is 7. The van der Waals surface area contributed by atoms with Crippen LogP contribution in [-0.2, 0) is 12.8 Å². The van der Waals surface area contributed by atoms with Crippen LogP contribution in [0.25, 0.3) is 21.7 Å². The first-order chi connectivity index (χ1) is 19.5. The Labute approximate surface area is 240 Å². The van der Waals surface area contributed by atoms with Gasteiger partial charge < -0.3 is 24.3 Å². The van der Waals surface area contributed by atoms with Crippen molar-refractivity contribution in [3.63, 3.8) is 0 Å². The van der Waals surface area contributed by atoms with Crippen LogP contribution in [0, 0.1) is 5.82 Å². The zero-order valence-electron chi connectivity index (χ0n) is 24.7. The summed E-state index contributed by atoms with van der Waals surface area (Å²) in [5.41, 5.74) is 4.67. The Bertz CT molecular complexity index is 1660. The molecule has 0 fully saturated rings. The molecular weight excluding hydrogens is 537 g/mol. The second kappa shape index (κ2) is 11.2. The number of hydrogen-bond donors (Lipinski definition) is 3. The monoisotopic (exact) mass is 575 g/mol. The third-order valence-electron chi connectivity index (χ3n) is 8.23. The minimum atomic E-state index is -2.42. The van der Waals surface area contributed by atoms with Crippen LogP contribution in [-0.4, -0.2) is 40.6 Å². The van der Waals surface area contributed by atoms with E-state index in [1.54, 1.807) is 25.4 Å². The highest BCUT2D eigenvalue weighted by atomic mass is 28.4. The van der Waals surface area contributed by atoms with Crippen molar-refractivity contribution in [3.05, 3.63) is 71.1 Å². The summed E-state index contributed by atoms with van der Waals surface area (Å²) in [6.45, 7) is 13.4. The van der Waals surface area contributed by atoms with Crippen LogP contribution in [0.3, 0.4) is 0 Å². The number of H-pyrrole nitrogens is 1. The van der Waals surface area contributed by atoms with Crippen LogP contribution < -0.4 is 9.74 Å². The molecule has 216 valence electrons. The fraction of sp³-hybridized carbons (Fsp3) is 0.387. The molecular formula is C31H38FN5O3Si. The minimum absolute atomic E-state index is 0.0671. The summed E-state index contributed by atoms with van der Waals surface area (Å²) in [6, 6.07) is 8.99. The van der Waals surface area contributed by atoms with Gasteiger partial charge in [0.2, 0.25) is 11.8 Å². The van der Waals surface area contributed by atoms with E-state index in [-0.39, 0.29) is 11.7 Å². The van der Waals surface area contributed by atoms with Gasteiger partial charge in [0.1, 0.15) is 11.6 Å². The van der Waals surface area contributed by atoms with Crippen molar-refractivity contribution in [1.82, 2.24) is 20.2 Å². The second-order valence-electron chi connectivity index (χ2n) is 11.6. The van der Waals surface area contributed by atoms with E-state index in [1.807, 2.05) is 6.20 Å². The lowest BCUT2D eigenvalue weighted by Crippen LogP contribution is -2.50. The van der Waals surface area contributed by atoms with Gasteiger partial charge in [0.15, 0.2) is 0 Å². The van der Waals surface area contributed by atoms with Gasteiger partial charge in [-0.2, -0.15) is 0 Å². The topological polar surface area (TPSA) is 109 Å². The van der Waals surface area contributed by atoms with E-state index >= 15 is 0 Å². The number of halogens is 1. The number of nitrogens with one attached hydrogen (secondary N) is 2. The lowest BCUT2D eigenvalue weighted by Gasteiger charge is -2.42. The number of pyridine rings is 1. The molecule has 0 aliphatic heterocycles. The van der Waals surface area contributed by atoms with Gasteiger partial charge in [0, 0.05) is 30.2 Å². The van der Waals surface area contributed by atoms with E-state index < -0.39 is 8.32 Å². The number of aromatic amines is 1. The predicted molar refractivity (Wildman–Crippen MR) is 163 cm³/mol. The SMILES string of the molecule is CNc1nnc(Cc2c3cc(Cc4ccc(F)cc4)c[nH]c3c(O[Si](C(C)C)(C(C)C)C(C)C)c3c(O)ncc23)o1. The van der Waals surface area contributed by atoms with Gasteiger partial charge in [-0.1, -0.05) is 58.8 Å². The molecule has 0 aliphatic carbocycles. The number of anilines is 1. The second-order valence-corrected chi connectivity index (χ2v) is 17.0. The molecule has 0 unspecified atom stereocenters. The molecule has 10 heteroatoms. The molecule has 0 saturated heterocycles. The zero-order valence-corrected chi connectivity index (χ0v) is 25.7. The van der Waals surface area contributed by atoms with Gasteiger partial charge in [0.25, 0.3) is 8.32 Å². The average molecular weight is 576 g/mol. The number of fused-ring (bicyclic) bond motifs is 2. The smallest absolute Gasteiger partial charge is 0.315 e. The fourth-order valence-electron chi connectivity index (χ4n) is 6.41. The Morgan fingerprint density at radius 3 is 2.27 bits per heavy atom. The van der Waals surface area contributed by atoms with Crippen molar-refractivity contribution < 1.29 is 18.3 Å². The molecule has 8 nitrogen and oxygen atoms in total. The highest BCUT2D eigenvalue weighted by Crippen LogP contribution is 2.49. The van der Waals surface area contributed by atoms with Crippen molar-refractivity contribution in [3.8, 4) is 11.6 Å². The maximum atomic E-state index is 13.6. The van der Waals surface area contributed by atoms with E-state index in [0.29, 0.717) is 52.5 Å². The first-order valence-corrected chi connectivity index (χ1v) is 16.3. The molecule has 0 radical (unpaired) electrons. The highest BCUT2D eigenvalue weighted by molar-refractivity contribution is 6.78. The highest BCUT2D eigenvalue weighted by Gasteiger charge is 2.48.